The number of rotatable bonds is 4. The lowest BCUT2D eigenvalue weighted by Gasteiger charge is -2.16. The van der Waals surface area contributed by atoms with E-state index in [0.717, 1.165) is 17.9 Å². The van der Waals surface area contributed by atoms with Crippen LogP contribution in [0.2, 0.25) is 0 Å². The number of β-amino-alcohol motifs (C(OH)–C–C–N with tert-alkyl or cyclic N) is 1. The molecule has 1 aliphatic rings. The molecule has 0 aromatic carbocycles. The molecule has 0 bridgehead atoms. The molecule has 7 nitrogen and oxygen atoms in total. The van der Waals surface area contributed by atoms with E-state index in [1.807, 2.05) is 4.57 Å². The molecule has 108 valence electrons. The minimum absolute atomic E-state index is 0.253. The number of imidazole rings is 1. The van der Waals surface area contributed by atoms with Gasteiger partial charge in [0.2, 0.25) is 0 Å². The molecule has 0 spiro atoms. The Hall–Kier alpha value is -1.38. The van der Waals surface area contributed by atoms with Gasteiger partial charge in [-0.2, -0.15) is 11.8 Å². The van der Waals surface area contributed by atoms with Crippen molar-refractivity contribution in [3.05, 3.63) is 12.7 Å². The van der Waals surface area contributed by atoms with Crippen LogP contribution < -0.4 is 5.73 Å². The van der Waals surface area contributed by atoms with Crippen LogP contribution in [0.1, 0.15) is 0 Å². The van der Waals surface area contributed by atoms with E-state index >= 15 is 0 Å². The van der Waals surface area contributed by atoms with Crippen LogP contribution in [0.25, 0.3) is 11.2 Å². The number of aliphatic hydroxyl groups is 1. The molecule has 1 saturated heterocycles. The van der Waals surface area contributed by atoms with E-state index in [1.165, 1.54) is 6.33 Å². The van der Waals surface area contributed by atoms with Crippen LogP contribution in [0.5, 0.6) is 0 Å². The van der Waals surface area contributed by atoms with Crippen LogP contribution in [-0.2, 0) is 6.67 Å². The van der Waals surface area contributed by atoms with Gasteiger partial charge in [-0.25, -0.2) is 15.0 Å². The Morgan fingerprint density at radius 3 is 3.05 bits per heavy atom. The van der Waals surface area contributed by atoms with Crippen LogP contribution in [0.4, 0.5) is 5.82 Å². The van der Waals surface area contributed by atoms with Crippen LogP contribution in [-0.4, -0.2) is 60.7 Å². The summed E-state index contributed by atoms with van der Waals surface area (Å²) in [6, 6.07) is 0. The van der Waals surface area contributed by atoms with E-state index in [4.69, 9.17) is 5.73 Å². The summed E-state index contributed by atoms with van der Waals surface area (Å²) in [4.78, 5) is 14.6. The van der Waals surface area contributed by atoms with Gasteiger partial charge in [0.05, 0.1) is 19.1 Å². The van der Waals surface area contributed by atoms with E-state index in [9.17, 15) is 5.11 Å². The van der Waals surface area contributed by atoms with E-state index in [2.05, 4.69) is 26.1 Å². The smallest absolute Gasteiger partial charge is 0.166 e. The first kappa shape index (κ1) is 13.6. The second kappa shape index (κ2) is 5.55. The highest BCUT2D eigenvalue weighted by atomic mass is 32.2. The van der Waals surface area contributed by atoms with Gasteiger partial charge in [0.25, 0.3) is 0 Å². The fraction of sp³-hybridized carbons (Fsp3) is 0.583. The van der Waals surface area contributed by atoms with Gasteiger partial charge in [-0.1, -0.05) is 0 Å². The van der Waals surface area contributed by atoms with E-state index in [1.54, 1.807) is 18.1 Å². The summed E-state index contributed by atoms with van der Waals surface area (Å²) in [6.45, 7) is 2.24. The number of hydrogen-bond donors (Lipinski definition) is 2. The zero-order chi connectivity index (χ0) is 14.1. The van der Waals surface area contributed by atoms with Crippen molar-refractivity contribution in [1.29, 1.82) is 0 Å². The molecule has 3 rings (SSSR count). The molecule has 0 saturated carbocycles. The lowest BCUT2D eigenvalue weighted by Crippen LogP contribution is -2.24. The van der Waals surface area contributed by atoms with Crippen molar-refractivity contribution in [3.8, 4) is 0 Å². The van der Waals surface area contributed by atoms with Gasteiger partial charge in [-0.05, 0) is 12.0 Å². The third-order valence-electron chi connectivity index (χ3n) is 3.64. The first-order valence-electron chi connectivity index (χ1n) is 6.49. The molecule has 0 unspecified atom stereocenters. The molecule has 0 amide bonds. The summed E-state index contributed by atoms with van der Waals surface area (Å²) < 4.78 is 1.95. The minimum atomic E-state index is -0.253. The number of hydrogen-bond acceptors (Lipinski definition) is 7. The largest absolute Gasteiger partial charge is 0.391 e. The first-order chi connectivity index (χ1) is 9.69. The highest BCUT2D eigenvalue weighted by Gasteiger charge is 2.31. The number of fused-ring (bicyclic) bond motifs is 1. The van der Waals surface area contributed by atoms with E-state index < -0.39 is 0 Å². The van der Waals surface area contributed by atoms with Crippen molar-refractivity contribution in [3.63, 3.8) is 0 Å². The normalized spacial score (nSPS) is 23.7. The SMILES string of the molecule is CSC[C@H]1CN(Cn2cnc3c(N)ncnc32)C[C@@H]1O. The fourth-order valence-corrected chi connectivity index (χ4v) is 3.41. The van der Waals surface area contributed by atoms with Crippen molar-refractivity contribution < 1.29 is 5.11 Å². The predicted molar refractivity (Wildman–Crippen MR) is 79.2 cm³/mol. The lowest BCUT2D eigenvalue weighted by molar-refractivity contribution is 0.145. The van der Waals surface area contributed by atoms with Gasteiger partial charge >= 0.3 is 0 Å². The number of nitrogens with two attached hydrogens (primary N) is 1. The Kier molecular flexibility index (Phi) is 3.77. The van der Waals surface area contributed by atoms with Crippen LogP contribution in [0.3, 0.4) is 0 Å². The Bertz CT molecular complexity index is 603. The standard InChI is InChI=1S/C12H18N6OS/c1-20-4-8-2-17(3-9(8)19)7-18-6-16-10-11(13)14-5-15-12(10)18/h5-6,8-9,19H,2-4,7H2,1H3,(H2,13,14,15)/t8-,9+/m1/s1. The van der Waals surface area contributed by atoms with E-state index in [-0.39, 0.29) is 6.10 Å². The molecule has 20 heavy (non-hydrogen) atoms. The van der Waals surface area contributed by atoms with Crippen molar-refractivity contribution in [2.45, 2.75) is 12.8 Å². The van der Waals surface area contributed by atoms with Crippen molar-refractivity contribution in [2.75, 3.05) is 30.8 Å². The summed E-state index contributed by atoms with van der Waals surface area (Å²) in [5.41, 5.74) is 7.15. The number of aliphatic hydroxyl groups excluding tert-OH is 1. The third kappa shape index (κ3) is 2.46. The summed E-state index contributed by atoms with van der Waals surface area (Å²) in [6.07, 6.45) is 4.99. The zero-order valence-electron chi connectivity index (χ0n) is 11.3. The second-order valence-electron chi connectivity index (χ2n) is 5.11. The van der Waals surface area contributed by atoms with Crippen molar-refractivity contribution in [1.82, 2.24) is 24.4 Å². The summed E-state index contributed by atoms with van der Waals surface area (Å²) in [5, 5.41) is 10.1. The molecule has 8 heteroatoms. The lowest BCUT2D eigenvalue weighted by atomic mass is 10.1. The molecule has 1 fully saturated rings. The number of thioether (sulfide) groups is 1. The number of nitrogen functional groups attached to an aromatic ring is 1. The number of likely N-dealkylation sites (tertiary alicyclic amines) is 1. The molecule has 0 radical (unpaired) electrons. The minimum Gasteiger partial charge on any atom is -0.391 e. The Morgan fingerprint density at radius 2 is 2.25 bits per heavy atom. The number of anilines is 1. The Morgan fingerprint density at radius 1 is 1.40 bits per heavy atom. The first-order valence-corrected chi connectivity index (χ1v) is 7.89. The molecular weight excluding hydrogens is 276 g/mol. The monoisotopic (exact) mass is 294 g/mol. The summed E-state index contributed by atoms with van der Waals surface area (Å²) >= 11 is 1.77. The average molecular weight is 294 g/mol. The number of aromatic nitrogens is 4. The predicted octanol–water partition coefficient (Wildman–Crippen LogP) is 0.0217. The highest BCUT2D eigenvalue weighted by molar-refractivity contribution is 7.98. The summed E-state index contributed by atoms with van der Waals surface area (Å²) in [7, 11) is 0. The number of nitrogens with zero attached hydrogens (tertiary/aromatic N) is 5. The highest BCUT2D eigenvalue weighted by Crippen LogP contribution is 2.22. The third-order valence-corrected chi connectivity index (χ3v) is 4.41. The van der Waals surface area contributed by atoms with Crippen LogP contribution >= 0.6 is 11.8 Å². The maximum Gasteiger partial charge on any atom is 0.166 e. The van der Waals surface area contributed by atoms with Gasteiger partial charge in [0.15, 0.2) is 11.5 Å². The van der Waals surface area contributed by atoms with Gasteiger partial charge in [-0.3, -0.25) is 4.90 Å². The van der Waals surface area contributed by atoms with Crippen LogP contribution in [0, 0.1) is 5.92 Å². The molecule has 3 heterocycles. The van der Waals surface area contributed by atoms with Gasteiger partial charge < -0.3 is 15.4 Å². The second-order valence-corrected chi connectivity index (χ2v) is 6.02. The molecule has 2 aromatic rings. The van der Waals surface area contributed by atoms with Crippen LogP contribution in [0.15, 0.2) is 12.7 Å². The van der Waals surface area contributed by atoms with Gasteiger partial charge in [-0.15, -0.1) is 0 Å². The average Bonchev–Trinajstić information content (AvgIpc) is 2.97. The quantitative estimate of drug-likeness (QED) is 0.821. The van der Waals surface area contributed by atoms with Gasteiger partial charge in [0.1, 0.15) is 11.8 Å². The maximum atomic E-state index is 10.1. The van der Waals surface area contributed by atoms with Crippen molar-refractivity contribution in [2.24, 2.45) is 5.92 Å². The van der Waals surface area contributed by atoms with E-state index in [0.29, 0.717) is 30.5 Å². The molecule has 3 N–H and O–H groups in total. The van der Waals surface area contributed by atoms with Gasteiger partial charge in [0, 0.05) is 19.0 Å². The molecular formula is C12H18N6OS. The Balaban J connectivity index is 1.76. The fourth-order valence-electron chi connectivity index (χ4n) is 2.65. The topological polar surface area (TPSA) is 93.1 Å². The molecule has 1 aliphatic heterocycles. The zero-order valence-corrected chi connectivity index (χ0v) is 12.1. The summed E-state index contributed by atoms with van der Waals surface area (Å²) in [5.74, 6) is 1.72. The molecule has 2 atom stereocenters. The van der Waals surface area contributed by atoms with Crippen molar-refractivity contribution >= 4 is 28.7 Å². The molecule has 0 aliphatic carbocycles. The Labute approximate surface area is 121 Å². The maximum absolute atomic E-state index is 10.1. The molecule has 2 aromatic heterocycles.